The summed E-state index contributed by atoms with van der Waals surface area (Å²) in [6.45, 7) is 4.07. The molecule has 0 aromatic heterocycles. The van der Waals surface area contributed by atoms with Crippen LogP contribution in [0.5, 0.6) is 0 Å². The third-order valence-corrected chi connectivity index (χ3v) is 9.74. The van der Waals surface area contributed by atoms with Gasteiger partial charge in [0.05, 0.1) is 40.3 Å². The average molecular weight is 613 g/mol. The second kappa shape index (κ2) is 11.8. The molecule has 0 aliphatic carbocycles. The van der Waals surface area contributed by atoms with Crippen molar-refractivity contribution in [3.8, 4) is 0 Å². The number of sulfone groups is 1. The SMILES string of the molecule is Cc1cc(F)ccc1[C@H]1C[C@@H](S(=O)(=O)C[C@H](C)O)CCN1C(=O)N(C)[C@H](C)c1cc(C(F)(F)F)cc(C(F)(F)F)c1. The normalized spacial score (nSPS) is 20.0. The van der Waals surface area contributed by atoms with Gasteiger partial charge in [-0.05, 0) is 80.6 Å². The standard InChI is InChI=1S/C27H31F7N2O4S/c1-15-9-21(28)5-6-23(15)24-13-22(41(39,40)14-16(2)37)7-8-36(24)25(38)35(4)17(3)18-10-19(26(29,30)31)12-20(11-18)27(32,33)34/h5-6,9-12,16-17,22,24,37H,7-8,13-14H2,1-4H3/t16-,17+,22-,24+/m0/s1. The fourth-order valence-corrected chi connectivity index (χ4v) is 6.96. The van der Waals surface area contributed by atoms with Crippen LogP contribution in [0.3, 0.4) is 0 Å². The largest absolute Gasteiger partial charge is 0.416 e. The van der Waals surface area contributed by atoms with Gasteiger partial charge < -0.3 is 14.9 Å². The van der Waals surface area contributed by atoms with E-state index in [1.54, 1.807) is 6.92 Å². The lowest BCUT2D eigenvalue weighted by molar-refractivity contribution is -0.143. The summed E-state index contributed by atoms with van der Waals surface area (Å²) in [7, 11) is -2.57. The molecule has 2 amide bonds. The van der Waals surface area contributed by atoms with E-state index in [0.717, 1.165) is 11.0 Å². The van der Waals surface area contributed by atoms with E-state index < -0.39 is 79.9 Å². The summed E-state index contributed by atoms with van der Waals surface area (Å²) in [5, 5.41) is 8.72. The zero-order chi connectivity index (χ0) is 31.1. The molecular formula is C27H31F7N2O4S. The van der Waals surface area contributed by atoms with Crippen LogP contribution in [-0.2, 0) is 22.2 Å². The number of aliphatic hydroxyl groups is 1. The van der Waals surface area contributed by atoms with Crippen LogP contribution in [0.4, 0.5) is 35.5 Å². The minimum absolute atomic E-state index is 0.00381. The van der Waals surface area contributed by atoms with Gasteiger partial charge in [-0.3, -0.25) is 0 Å². The Bertz CT molecular complexity index is 1340. The van der Waals surface area contributed by atoms with Crippen LogP contribution in [0, 0.1) is 12.7 Å². The molecule has 1 fully saturated rings. The smallest absolute Gasteiger partial charge is 0.392 e. The molecular weight excluding hydrogens is 581 g/mol. The summed E-state index contributed by atoms with van der Waals surface area (Å²) in [5.74, 6) is -1.07. The van der Waals surface area contributed by atoms with E-state index >= 15 is 0 Å². The van der Waals surface area contributed by atoms with E-state index in [-0.39, 0.29) is 25.5 Å². The van der Waals surface area contributed by atoms with Crippen LogP contribution in [0.25, 0.3) is 0 Å². The molecule has 1 heterocycles. The summed E-state index contributed by atoms with van der Waals surface area (Å²) >= 11 is 0. The molecule has 1 N–H and O–H groups in total. The molecule has 0 unspecified atom stereocenters. The first-order valence-corrected chi connectivity index (χ1v) is 14.4. The number of halogens is 7. The van der Waals surface area contributed by atoms with Crippen LogP contribution in [0.2, 0.25) is 0 Å². The minimum atomic E-state index is -5.07. The number of amides is 2. The number of likely N-dealkylation sites (tertiary alicyclic amines) is 1. The first kappa shape index (κ1) is 32.6. The second-order valence-corrected chi connectivity index (χ2v) is 12.8. The summed E-state index contributed by atoms with van der Waals surface area (Å²) in [4.78, 5) is 16.0. The number of piperidine rings is 1. The van der Waals surface area contributed by atoms with E-state index in [9.17, 15) is 49.1 Å². The first-order valence-electron chi connectivity index (χ1n) is 12.7. The van der Waals surface area contributed by atoms with Gasteiger partial charge in [-0.1, -0.05) is 6.07 Å². The van der Waals surface area contributed by atoms with Crippen LogP contribution in [-0.4, -0.2) is 60.1 Å². The van der Waals surface area contributed by atoms with Crippen LogP contribution in [0.1, 0.15) is 66.6 Å². The van der Waals surface area contributed by atoms with Gasteiger partial charge in [0.1, 0.15) is 5.82 Å². The molecule has 2 aromatic rings. The fourth-order valence-electron chi connectivity index (χ4n) is 5.08. The maximum Gasteiger partial charge on any atom is 0.416 e. The maximum absolute atomic E-state index is 13.9. The van der Waals surface area contributed by atoms with E-state index in [4.69, 9.17) is 0 Å². The number of alkyl halides is 6. The molecule has 228 valence electrons. The highest BCUT2D eigenvalue weighted by Crippen LogP contribution is 2.40. The van der Waals surface area contributed by atoms with Gasteiger partial charge in [-0.25, -0.2) is 17.6 Å². The Kier molecular flexibility index (Phi) is 9.38. The number of carbonyl (C=O) groups excluding carboxylic acids is 1. The monoisotopic (exact) mass is 612 g/mol. The van der Waals surface area contributed by atoms with Crippen molar-refractivity contribution in [2.45, 2.75) is 69.4 Å². The Morgan fingerprint density at radius 1 is 1.05 bits per heavy atom. The molecule has 0 spiro atoms. The first-order chi connectivity index (χ1) is 18.7. The van der Waals surface area contributed by atoms with Gasteiger partial charge in [0.25, 0.3) is 0 Å². The van der Waals surface area contributed by atoms with Crippen molar-refractivity contribution >= 4 is 15.9 Å². The number of urea groups is 1. The Labute approximate surface area is 233 Å². The molecule has 6 nitrogen and oxygen atoms in total. The van der Waals surface area contributed by atoms with Crippen LogP contribution in [0.15, 0.2) is 36.4 Å². The lowest BCUT2D eigenvalue weighted by Crippen LogP contribution is -2.50. The number of nitrogens with zero attached hydrogens (tertiary/aromatic N) is 2. The lowest BCUT2D eigenvalue weighted by atomic mass is 9.92. The predicted octanol–water partition coefficient (Wildman–Crippen LogP) is 6.29. The predicted molar refractivity (Wildman–Crippen MR) is 137 cm³/mol. The number of hydrogen-bond acceptors (Lipinski definition) is 4. The van der Waals surface area contributed by atoms with Crippen LogP contribution < -0.4 is 0 Å². The van der Waals surface area contributed by atoms with Crippen molar-refractivity contribution in [2.24, 2.45) is 0 Å². The number of aliphatic hydroxyl groups excluding tert-OH is 1. The third kappa shape index (κ3) is 7.51. The molecule has 0 saturated carbocycles. The van der Waals surface area contributed by atoms with Gasteiger partial charge in [-0.2, -0.15) is 26.3 Å². The zero-order valence-electron chi connectivity index (χ0n) is 22.7. The highest BCUT2D eigenvalue weighted by atomic mass is 32.2. The van der Waals surface area contributed by atoms with E-state index in [2.05, 4.69) is 0 Å². The molecule has 14 heteroatoms. The van der Waals surface area contributed by atoms with Gasteiger partial charge in [0, 0.05) is 13.6 Å². The summed E-state index contributed by atoms with van der Waals surface area (Å²) < 4.78 is 120. The van der Waals surface area contributed by atoms with Gasteiger partial charge in [-0.15, -0.1) is 0 Å². The molecule has 1 saturated heterocycles. The van der Waals surface area contributed by atoms with Gasteiger partial charge in [0.2, 0.25) is 0 Å². The minimum Gasteiger partial charge on any atom is -0.392 e. The molecule has 41 heavy (non-hydrogen) atoms. The van der Waals surface area contributed by atoms with Crippen molar-refractivity contribution in [3.63, 3.8) is 0 Å². The zero-order valence-corrected chi connectivity index (χ0v) is 23.5. The molecule has 1 aliphatic rings. The van der Waals surface area contributed by atoms with E-state index in [0.29, 0.717) is 23.3 Å². The number of carbonyl (C=O) groups is 1. The Hall–Kier alpha value is -2.87. The molecule has 1 aliphatic heterocycles. The van der Waals surface area contributed by atoms with Gasteiger partial charge in [0.15, 0.2) is 9.84 Å². The average Bonchev–Trinajstić information content (AvgIpc) is 2.85. The van der Waals surface area contributed by atoms with Crippen molar-refractivity contribution in [2.75, 3.05) is 19.3 Å². The summed E-state index contributed by atoms with van der Waals surface area (Å²) in [5.41, 5.74) is -2.56. The van der Waals surface area contributed by atoms with Crippen molar-refractivity contribution < 1.29 is 49.1 Å². The molecule has 0 bridgehead atoms. The number of hydrogen-bond donors (Lipinski definition) is 1. The Balaban J connectivity index is 2.00. The molecule has 4 atom stereocenters. The quantitative estimate of drug-likeness (QED) is 0.390. The molecule has 0 radical (unpaired) electrons. The number of rotatable bonds is 6. The number of benzene rings is 2. The van der Waals surface area contributed by atoms with Gasteiger partial charge >= 0.3 is 18.4 Å². The summed E-state index contributed by atoms with van der Waals surface area (Å²) in [6, 6.07) is 1.98. The third-order valence-electron chi connectivity index (χ3n) is 7.35. The van der Waals surface area contributed by atoms with Crippen molar-refractivity contribution in [3.05, 3.63) is 70.0 Å². The lowest BCUT2D eigenvalue weighted by Gasteiger charge is -2.43. The van der Waals surface area contributed by atoms with Crippen molar-refractivity contribution in [1.29, 1.82) is 0 Å². The second-order valence-electron chi connectivity index (χ2n) is 10.4. The van der Waals surface area contributed by atoms with E-state index in [1.165, 1.54) is 37.9 Å². The highest BCUT2D eigenvalue weighted by molar-refractivity contribution is 7.92. The summed E-state index contributed by atoms with van der Waals surface area (Å²) in [6.07, 6.45) is -11.4. The maximum atomic E-state index is 13.9. The van der Waals surface area contributed by atoms with E-state index in [1.807, 2.05) is 0 Å². The number of aryl methyl sites for hydroxylation is 1. The Morgan fingerprint density at radius 2 is 1.61 bits per heavy atom. The van der Waals surface area contributed by atoms with Crippen molar-refractivity contribution in [1.82, 2.24) is 9.80 Å². The highest BCUT2D eigenvalue weighted by Gasteiger charge is 2.42. The molecule has 3 rings (SSSR count). The fraction of sp³-hybridized carbons (Fsp3) is 0.519. The van der Waals surface area contributed by atoms with Crippen LogP contribution >= 0.6 is 0 Å². The Morgan fingerprint density at radius 3 is 2.10 bits per heavy atom. The molecule has 2 aromatic carbocycles. The topological polar surface area (TPSA) is 77.9 Å².